The molecule has 6 nitrogen and oxygen atoms in total. The van der Waals surface area contributed by atoms with Gasteiger partial charge in [0, 0.05) is 12.7 Å². The van der Waals surface area contributed by atoms with Crippen molar-refractivity contribution in [2.24, 2.45) is 4.36 Å². The Morgan fingerprint density at radius 1 is 1.32 bits per heavy atom. The number of ether oxygens (including phenoxy) is 1. The van der Waals surface area contributed by atoms with E-state index < -0.39 is 22.5 Å². The first-order valence-electron chi connectivity index (χ1n) is 6.23. The van der Waals surface area contributed by atoms with Gasteiger partial charge >= 0.3 is 0 Å². The van der Waals surface area contributed by atoms with E-state index in [1.54, 1.807) is 13.8 Å². The lowest BCUT2D eigenvalue weighted by Crippen LogP contribution is -1.95. The number of aryl methyl sites for hydroxylation is 1. The molecule has 0 aliphatic heterocycles. The Kier molecular flexibility index (Phi) is 5.34. The minimum atomic E-state index is -1.87. The summed E-state index contributed by atoms with van der Waals surface area (Å²) in [4.78, 5) is 7.80. The topological polar surface area (TPSA) is 73.7 Å². The van der Waals surface area contributed by atoms with Gasteiger partial charge in [-0.15, -0.1) is 0 Å². The summed E-state index contributed by atoms with van der Waals surface area (Å²) in [6.07, 6.45) is 1.26. The van der Waals surface area contributed by atoms with Crippen LogP contribution >= 0.6 is 0 Å². The van der Waals surface area contributed by atoms with Crippen molar-refractivity contribution in [3.8, 4) is 11.5 Å². The van der Waals surface area contributed by atoms with E-state index in [4.69, 9.17) is 8.92 Å². The zero-order valence-electron chi connectivity index (χ0n) is 11.7. The fourth-order valence-electron chi connectivity index (χ4n) is 1.46. The van der Waals surface area contributed by atoms with Crippen molar-refractivity contribution < 1.29 is 21.9 Å². The number of rotatable bonds is 5. The van der Waals surface area contributed by atoms with Gasteiger partial charge in [-0.2, -0.15) is 0 Å². The molecule has 0 atom stereocenters. The molecule has 118 valence electrons. The standard InChI is InChI=1S/C13H12F2N3O3S/c1-3-20-22(19)18-13-16-7-12(8(2)17-13)21-11-5-4-9(14)6-10(11)15/h4-7H,3H2,1-2H3/q-1. The molecule has 0 spiro atoms. The minimum Gasteiger partial charge on any atom is -0.451 e. The van der Waals surface area contributed by atoms with Crippen molar-refractivity contribution in [1.29, 1.82) is 0 Å². The lowest BCUT2D eigenvalue weighted by molar-refractivity contribution is 0.369. The zero-order valence-corrected chi connectivity index (χ0v) is 12.6. The predicted molar refractivity (Wildman–Crippen MR) is 75.0 cm³/mol. The average Bonchev–Trinajstić information content (AvgIpc) is 2.44. The Morgan fingerprint density at radius 3 is 2.73 bits per heavy atom. The molecule has 0 radical (unpaired) electrons. The summed E-state index contributed by atoms with van der Waals surface area (Å²) in [5, 5.41) is 0. The summed E-state index contributed by atoms with van der Waals surface area (Å²) < 4.78 is 51.3. The highest BCUT2D eigenvalue weighted by Crippen LogP contribution is 2.27. The molecule has 1 aromatic heterocycles. The molecular weight excluding hydrogens is 316 g/mol. The number of halogens is 2. The Balaban J connectivity index is 2.23. The lowest BCUT2D eigenvalue weighted by Gasteiger charge is -2.09. The molecule has 1 aromatic carbocycles. The molecule has 1 heterocycles. The van der Waals surface area contributed by atoms with Crippen LogP contribution in [0.5, 0.6) is 11.5 Å². The second kappa shape index (κ2) is 7.23. The third kappa shape index (κ3) is 4.18. The second-order valence-electron chi connectivity index (χ2n) is 4.01. The van der Waals surface area contributed by atoms with E-state index in [0.29, 0.717) is 11.8 Å². The maximum atomic E-state index is 13.5. The van der Waals surface area contributed by atoms with Crippen molar-refractivity contribution in [3.63, 3.8) is 0 Å². The molecule has 0 amide bonds. The molecule has 0 saturated heterocycles. The van der Waals surface area contributed by atoms with Gasteiger partial charge in [-0.25, -0.2) is 18.7 Å². The summed E-state index contributed by atoms with van der Waals surface area (Å²) >= 11 is 0. The third-order valence-corrected chi connectivity index (χ3v) is 3.16. The fourth-order valence-corrected chi connectivity index (χ4v) is 1.93. The number of benzene rings is 1. The summed E-state index contributed by atoms with van der Waals surface area (Å²) in [5.41, 5.74) is 0.353. The van der Waals surface area contributed by atoms with E-state index in [2.05, 4.69) is 14.3 Å². The largest absolute Gasteiger partial charge is 0.451 e. The fraction of sp³-hybridized carbons (Fsp3) is 0.231. The highest BCUT2D eigenvalue weighted by molar-refractivity contribution is 7.69. The smallest absolute Gasteiger partial charge is 0.227 e. The van der Waals surface area contributed by atoms with Gasteiger partial charge in [0.1, 0.15) is 5.82 Å². The van der Waals surface area contributed by atoms with Crippen molar-refractivity contribution in [3.05, 3.63) is 41.7 Å². The third-order valence-electron chi connectivity index (χ3n) is 2.41. The second-order valence-corrected chi connectivity index (χ2v) is 4.86. The molecule has 9 heteroatoms. The molecule has 0 bridgehead atoms. The molecule has 22 heavy (non-hydrogen) atoms. The summed E-state index contributed by atoms with van der Waals surface area (Å²) in [7, 11) is -1.87. The summed E-state index contributed by atoms with van der Waals surface area (Å²) in [6.45, 7) is 3.49. The monoisotopic (exact) mass is 328 g/mol. The van der Waals surface area contributed by atoms with Crippen LogP contribution in [0, 0.1) is 18.6 Å². The molecule has 0 fully saturated rings. The highest BCUT2D eigenvalue weighted by atomic mass is 32.2. The SMILES string of the molecule is CCO[S-](=O)=Nc1ncc(Oc2ccc(F)cc2F)c(C)n1. The van der Waals surface area contributed by atoms with Crippen LogP contribution in [0.25, 0.3) is 0 Å². The van der Waals surface area contributed by atoms with Crippen molar-refractivity contribution >= 4 is 16.8 Å². The minimum absolute atomic E-state index is 0.0452. The number of hydrogen-bond donors (Lipinski definition) is 0. The first kappa shape index (κ1) is 16.2. The van der Waals surface area contributed by atoms with E-state index in [1.807, 2.05) is 0 Å². The van der Waals surface area contributed by atoms with E-state index in [1.165, 1.54) is 6.20 Å². The van der Waals surface area contributed by atoms with Crippen LogP contribution < -0.4 is 4.74 Å². The molecule has 0 N–H and O–H groups in total. The van der Waals surface area contributed by atoms with Gasteiger partial charge in [0.15, 0.2) is 17.3 Å². The zero-order chi connectivity index (χ0) is 16.1. The molecule has 0 aliphatic rings. The summed E-state index contributed by atoms with van der Waals surface area (Å²) in [6, 6.07) is 2.94. The Hall–Kier alpha value is -2.13. The van der Waals surface area contributed by atoms with Crippen molar-refractivity contribution in [2.45, 2.75) is 13.8 Å². The average molecular weight is 328 g/mol. The van der Waals surface area contributed by atoms with Crippen LogP contribution in [0.4, 0.5) is 14.7 Å². The first-order valence-corrected chi connectivity index (χ1v) is 7.26. The molecular formula is C13H12F2N3O3S-. The van der Waals surface area contributed by atoms with Gasteiger partial charge in [0.2, 0.25) is 5.95 Å². The maximum Gasteiger partial charge on any atom is 0.227 e. The molecule has 0 aliphatic carbocycles. The van der Waals surface area contributed by atoms with Gasteiger partial charge in [0.05, 0.1) is 11.9 Å². The van der Waals surface area contributed by atoms with Gasteiger partial charge < -0.3 is 17.5 Å². The maximum absolute atomic E-state index is 13.5. The number of nitrogens with zero attached hydrogens (tertiary/aromatic N) is 3. The van der Waals surface area contributed by atoms with Gasteiger partial charge in [-0.05, 0) is 26.0 Å². The highest BCUT2D eigenvalue weighted by Gasteiger charge is 2.09. The van der Waals surface area contributed by atoms with Gasteiger partial charge in [-0.3, -0.25) is 0 Å². The van der Waals surface area contributed by atoms with Crippen molar-refractivity contribution in [1.82, 2.24) is 9.97 Å². The quantitative estimate of drug-likeness (QED) is 0.784. The Labute approximate surface area is 127 Å². The first-order chi connectivity index (χ1) is 10.5. The van der Waals surface area contributed by atoms with E-state index in [-0.39, 0.29) is 24.1 Å². The number of aromatic nitrogens is 2. The van der Waals surface area contributed by atoms with Crippen LogP contribution in [0.3, 0.4) is 0 Å². The molecule has 0 unspecified atom stereocenters. The normalized spacial score (nSPS) is 12.4. The van der Waals surface area contributed by atoms with Gasteiger partial charge in [-0.1, -0.05) is 10.9 Å². The van der Waals surface area contributed by atoms with Crippen molar-refractivity contribution in [2.75, 3.05) is 6.61 Å². The van der Waals surface area contributed by atoms with E-state index in [9.17, 15) is 13.0 Å². The van der Waals surface area contributed by atoms with Crippen LogP contribution in [-0.2, 0) is 19.3 Å². The Bertz CT molecular complexity index is 764. The van der Waals surface area contributed by atoms with E-state index in [0.717, 1.165) is 12.1 Å². The van der Waals surface area contributed by atoms with Crippen LogP contribution in [0.1, 0.15) is 12.6 Å². The van der Waals surface area contributed by atoms with E-state index >= 15 is 0 Å². The summed E-state index contributed by atoms with van der Waals surface area (Å²) in [5.74, 6) is -1.57. The van der Waals surface area contributed by atoms with Crippen LogP contribution in [0.15, 0.2) is 28.8 Å². The van der Waals surface area contributed by atoms with Gasteiger partial charge in [0.25, 0.3) is 0 Å². The lowest BCUT2D eigenvalue weighted by atomic mass is 10.3. The molecule has 2 rings (SSSR count). The van der Waals surface area contributed by atoms with Crippen LogP contribution in [-0.4, -0.2) is 16.6 Å². The molecule has 2 aromatic rings. The number of hydrogen-bond acceptors (Lipinski definition) is 7. The van der Waals surface area contributed by atoms with Crippen LogP contribution in [0.2, 0.25) is 0 Å². The predicted octanol–water partition coefficient (Wildman–Crippen LogP) is 3.59. The Morgan fingerprint density at radius 2 is 2.09 bits per heavy atom. The molecule has 0 saturated carbocycles.